The molecule has 1 N–H and O–H groups in total. The molecule has 30 heavy (non-hydrogen) atoms. The number of carbonyl (C=O) groups excluding carboxylic acids is 1. The molecule has 0 radical (unpaired) electrons. The van der Waals surface area contributed by atoms with Gasteiger partial charge in [-0.15, -0.1) is 0 Å². The zero-order valence-corrected chi connectivity index (χ0v) is 19.1. The van der Waals surface area contributed by atoms with Crippen molar-refractivity contribution in [3.8, 4) is 0 Å². The minimum Gasteiger partial charge on any atom is -0.361 e. The van der Waals surface area contributed by atoms with Gasteiger partial charge in [-0.2, -0.15) is 0 Å². The zero-order valence-electron chi connectivity index (χ0n) is 17.6. The normalized spacial score (nSPS) is 15.1. The van der Waals surface area contributed by atoms with Gasteiger partial charge in [-0.3, -0.25) is 4.79 Å². The number of hydrogen-bond acceptors (Lipinski definition) is 2. The first kappa shape index (κ1) is 22.7. The van der Waals surface area contributed by atoms with E-state index in [0.717, 1.165) is 54.6 Å². The second-order valence-electron chi connectivity index (χ2n) is 8.36. The van der Waals surface area contributed by atoms with Crippen LogP contribution in [-0.4, -0.2) is 24.4 Å². The maximum atomic E-state index is 14.1. The van der Waals surface area contributed by atoms with E-state index in [-0.39, 0.29) is 24.9 Å². The van der Waals surface area contributed by atoms with Crippen molar-refractivity contribution in [2.75, 3.05) is 16.8 Å². The molecule has 0 aliphatic heterocycles. The molecular weight excluding hydrogens is 450 g/mol. The Morgan fingerprint density at radius 2 is 1.80 bits per heavy atom. The van der Waals surface area contributed by atoms with Gasteiger partial charge in [0.05, 0.1) is 24.3 Å². The molecule has 1 amide bonds. The van der Waals surface area contributed by atoms with Crippen molar-refractivity contribution in [3.05, 3.63) is 58.1 Å². The second-order valence-corrected chi connectivity index (χ2v) is 9.28. The number of anilines is 2. The third-order valence-corrected chi connectivity index (χ3v) is 5.98. The lowest BCUT2D eigenvalue weighted by atomic mass is 9.93. The highest BCUT2D eigenvalue weighted by atomic mass is 79.9. The molecule has 0 spiro atoms. The van der Waals surface area contributed by atoms with Crippen LogP contribution in [0.5, 0.6) is 0 Å². The standard InChI is InChI=1S/C24H29BrF2N2O/c1-17-8-10-18(11-9-17)14-23(30)28-21-15-19(25)12-13-22(21)29(16-24(2,26)27)20-6-4-3-5-7-20/h8-13,15,20H,3-7,14,16H2,1-2H3,(H,28,30). The minimum absolute atomic E-state index is 0.0542. The highest BCUT2D eigenvalue weighted by Crippen LogP contribution is 2.36. The highest BCUT2D eigenvalue weighted by Gasteiger charge is 2.32. The quantitative estimate of drug-likeness (QED) is 0.478. The van der Waals surface area contributed by atoms with Crippen molar-refractivity contribution >= 4 is 33.2 Å². The van der Waals surface area contributed by atoms with Crippen LogP contribution in [-0.2, 0) is 11.2 Å². The van der Waals surface area contributed by atoms with Crippen molar-refractivity contribution in [1.29, 1.82) is 0 Å². The van der Waals surface area contributed by atoms with Crippen molar-refractivity contribution in [2.24, 2.45) is 0 Å². The van der Waals surface area contributed by atoms with Crippen LogP contribution in [0.25, 0.3) is 0 Å². The number of amides is 1. The molecule has 1 saturated carbocycles. The number of nitrogens with zero attached hydrogens (tertiary/aromatic N) is 1. The molecule has 0 saturated heterocycles. The SMILES string of the molecule is Cc1ccc(CC(=O)Nc2cc(Br)ccc2N(CC(C)(F)F)C2CCCCC2)cc1. The maximum absolute atomic E-state index is 14.1. The first-order chi connectivity index (χ1) is 14.2. The Balaban J connectivity index is 1.85. The molecule has 0 aromatic heterocycles. The van der Waals surface area contributed by atoms with Crippen LogP contribution in [0, 0.1) is 6.92 Å². The first-order valence-electron chi connectivity index (χ1n) is 10.5. The number of nitrogens with one attached hydrogen (secondary N) is 1. The number of carbonyl (C=O) groups is 1. The van der Waals surface area contributed by atoms with Gasteiger partial charge in [0.15, 0.2) is 0 Å². The summed E-state index contributed by atoms with van der Waals surface area (Å²) in [6, 6.07) is 13.3. The van der Waals surface area contributed by atoms with Gasteiger partial charge in [0.2, 0.25) is 5.91 Å². The Bertz CT molecular complexity index is 858. The molecule has 1 aliphatic carbocycles. The molecule has 2 aromatic carbocycles. The van der Waals surface area contributed by atoms with E-state index in [1.807, 2.05) is 43.3 Å². The molecule has 6 heteroatoms. The summed E-state index contributed by atoms with van der Waals surface area (Å²) in [4.78, 5) is 14.5. The van der Waals surface area contributed by atoms with E-state index >= 15 is 0 Å². The summed E-state index contributed by atoms with van der Waals surface area (Å²) in [5, 5.41) is 2.96. The average molecular weight is 479 g/mol. The van der Waals surface area contributed by atoms with E-state index in [1.54, 1.807) is 11.0 Å². The molecule has 3 nitrogen and oxygen atoms in total. The van der Waals surface area contributed by atoms with E-state index < -0.39 is 5.92 Å². The lowest BCUT2D eigenvalue weighted by Gasteiger charge is -2.38. The summed E-state index contributed by atoms with van der Waals surface area (Å²) in [7, 11) is 0. The second kappa shape index (κ2) is 9.90. The van der Waals surface area contributed by atoms with Crippen molar-refractivity contribution in [3.63, 3.8) is 0 Å². The molecule has 162 valence electrons. The van der Waals surface area contributed by atoms with E-state index in [0.29, 0.717) is 11.4 Å². The fourth-order valence-electron chi connectivity index (χ4n) is 4.05. The molecule has 0 unspecified atom stereocenters. The number of halogens is 3. The van der Waals surface area contributed by atoms with Gasteiger partial charge < -0.3 is 10.2 Å². The van der Waals surface area contributed by atoms with Crippen LogP contribution in [0.2, 0.25) is 0 Å². The number of benzene rings is 2. The Morgan fingerprint density at radius 1 is 1.13 bits per heavy atom. The third kappa shape index (κ3) is 6.53. The van der Waals surface area contributed by atoms with Gasteiger partial charge in [0.1, 0.15) is 0 Å². The van der Waals surface area contributed by atoms with Crippen LogP contribution < -0.4 is 10.2 Å². The first-order valence-corrected chi connectivity index (χ1v) is 11.3. The lowest BCUT2D eigenvalue weighted by molar-refractivity contribution is -0.115. The molecule has 3 rings (SSSR count). The summed E-state index contributed by atoms with van der Waals surface area (Å²) in [6.07, 6.45) is 5.25. The monoisotopic (exact) mass is 478 g/mol. The Labute approximate surface area is 186 Å². The smallest absolute Gasteiger partial charge is 0.262 e. The van der Waals surface area contributed by atoms with Gasteiger partial charge >= 0.3 is 0 Å². The minimum atomic E-state index is -2.83. The molecule has 0 bridgehead atoms. The average Bonchev–Trinajstić information content (AvgIpc) is 2.68. The summed E-state index contributed by atoms with van der Waals surface area (Å²) in [5.41, 5.74) is 3.27. The van der Waals surface area contributed by atoms with Crippen LogP contribution in [0.3, 0.4) is 0 Å². The molecule has 0 heterocycles. The number of hydrogen-bond donors (Lipinski definition) is 1. The molecule has 1 fully saturated rings. The number of rotatable bonds is 7. The highest BCUT2D eigenvalue weighted by molar-refractivity contribution is 9.10. The third-order valence-electron chi connectivity index (χ3n) is 5.49. The van der Waals surface area contributed by atoms with Gasteiger partial charge in [-0.25, -0.2) is 8.78 Å². The predicted molar refractivity (Wildman–Crippen MR) is 122 cm³/mol. The summed E-state index contributed by atoms with van der Waals surface area (Å²) in [5.74, 6) is -2.99. The van der Waals surface area contributed by atoms with E-state index in [4.69, 9.17) is 0 Å². The zero-order chi connectivity index (χ0) is 21.7. The fraction of sp³-hybridized carbons (Fsp3) is 0.458. The summed E-state index contributed by atoms with van der Waals surface area (Å²) in [6.45, 7) is 2.60. The van der Waals surface area contributed by atoms with Gasteiger partial charge in [-0.05, 0) is 43.5 Å². The van der Waals surface area contributed by atoms with Crippen molar-refractivity contribution in [1.82, 2.24) is 0 Å². The number of alkyl halides is 2. The number of aryl methyl sites for hydroxylation is 1. The van der Waals surface area contributed by atoms with Gasteiger partial charge in [0, 0.05) is 17.4 Å². The van der Waals surface area contributed by atoms with Crippen LogP contribution in [0.4, 0.5) is 20.2 Å². The van der Waals surface area contributed by atoms with Crippen LogP contribution >= 0.6 is 15.9 Å². The molecular formula is C24H29BrF2N2O. The molecule has 0 atom stereocenters. The molecule has 1 aliphatic rings. The van der Waals surface area contributed by atoms with Gasteiger partial charge in [0.25, 0.3) is 5.92 Å². The molecule has 2 aromatic rings. The Kier molecular flexibility index (Phi) is 7.50. The van der Waals surface area contributed by atoms with Crippen LogP contribution in [0.15, 0.2) is 46.9 Å². The van der Waals surface area contributed by atoms with Crippen molar-refractivity contribution in [2.45, 2.75) is 64.3 Å². The largest absolute Gasteiger partial charge is 0.361 e. The summed E-state index contributed by atoms with van der Waals surface area (Å²) < 4.78 is 28.9. The van der Waals surface area contributed by atoms with Gasteiger partial charge in [-0.1, -0.05) is 65.0 Å². The van der Waals surface area contributed by atoms with E-state index in [9.17, 15) is 13.6 Å². The van der Waals surface area contributed by atoms with E-state index in [1.165, 1.54) is 0 Å². The topological polar surface area (TPSA) is 32.3 Å². The Morgan fingerprint density at radius 3 is 2.43 bits per heavy atom. The predicted octanol–water partition coefficient (Wildman–Crippen LogP) is 6.73. The lowest BCUT2D eigenvalue weighted by Crippen LogP contribution is -2.43. The van der Waals surface area contributed by atoms with Crippen molar-refractivity contribution < 1.29 is 13.6 Å². The van der Waals surface area contributed by atoms with E-state index in [2.05, 4.69) is 21.2 Å². The summed E-state index contributed by atoms with van der Waals surface area (Å²) >= 11 is 3.45. The maximum Gasteiger partial charge on any atom is 0.262 e. The Hall–Kier alpha value is -1.95. The van der Waals surface area contributed by atoms with Crippen LogP contribution in [0.1, 0.15) is 50.2 Å². The fourth-order valence-corrected chi connectivity index (χ4v) is 4.41.